The highest BCUT2D eigenvalue weighted by atomic mass is 16.5. The van der Waals surface area contributed by atoms with Crippen molar-refractivity contribution in [3.05, 3.63) is 30.1 Å². The van der Waals surface area contributed by atoms with Crippen LogP contribution in [0.25, 0.3) is 5.52 Å². The van der Waals surface area contributed by atoms with Crippen molar-refractivity contribution >= 4 is 5.52 Å². The molecule has 2 heterocycles. The maximum atomic E-state index is 9.91. The smallest absolute Gasteiger partial charge is 0.124 e. The standard InChI is InChI=1S/C14H18N2O2.C2H6/c1-10-8-11-9-12(6-7-16(11)15-10)18-14-5-3-2-4-13(14)17;1-2/h6-9,13-14,17H,2-5H2,1H3;1-2H3. The summed E-state index contributed by atoms with van der Waals surface area (Å²) in [5.41, 5.74) is 2.01. The Kier molecular flexibility index (Phi) is 5.01. The summed E-state index contributed by atoms with van der Waals surface area (Å²) in [4.78, 5) is 0. The predicted molar refractivity (Wildman–Crippen MR) is 80.2 cm³/mol. The van der Waals surface area contributed by atoms with Gasteiger partial charge >= 0.3 is 0 Å². The van der Waals surface area contributed by atoms with Crippen LogP contribution in [0.2, 0.25) is 0 Å². The molecule has 1 aliphatic rings. The number of aromatic nitrogens is 2. The molecule has 0 saturated heterocycles. The summed E-state index contributed by atoms with van der Waals surface area (Å²) >= 11 is 0. The van der Waals surface area contributed by atoms with E-state index in [1.54, 1.807) is 0 Å². The van der Waals surface area contributed by atoms with Crippen molar-refractivity contribution in [2.75, 3.05) is 0 Å². The van der Waals surface area contributed by atoms with Crippen molar-refractivity contribution in [1.29, 1.82) is 0 Å². The number of nitrogens with zero attached hydrogens (tertiary/aromatic N) is 2. The van der Waals surface area contributed by atoms with Crippen LogP contribution in [0.4, 0.5) is 0 Å². The summed E-state index contributed by atoms with van der Waals surface area (Å²) in [6, 6.07) is 5.90. The highest BCUT2D eigenvalue weighted by molar-refractivity contribution is 5.51. The minimum Gasteiger partial charge on any atom is -0.488 e. The van der Waals surface area contributed by atoms with Crippen LogP contribution in [0.1, 0.15) is 45.2 Å². The number of fused-ring (bicyclic) bond motifs is 1. The third-order valence-corrected chi connectivity index (χ3v) is 3.51. The number of ether oxygens (including phenoxy) is 1. The van der Waals surface area contributed by atoms with E-state index < -0.39 is 0 Å². The first kappa shape index (κ1) is 14.9. The van der Waals surface area contributed by atoms with Gasteiger partial charge in [-0.2, -0.15) is 5.10 Å². The van der Waals surface area contributed by atoms with Gasteiger partial charge < -0.3 is 9.84 Å². The quantitative estimate of drug-likeness (QED) is 0.915. The molecule has 0 aromatic carbocycles. The molecule has 1 saturated carbocycles. The van der Waals surface area contributed by atoms with E-state index in [1.807, 2.05) is 49.7 Å². The Morgan fingerprint density at radius 2 is 2.00 bits per heavy atom. The lowest BCUT2D eigenvalue weighted by Crippen LogP contribution is -2.34. The topological polar surface area (TPSA) is 46.8 Å². The fraction of sp³-hybridized carbons (Fsp3) is 0.562. The summed E-state index contributed by atoms with van der Waals surface area (Å²) < 4.78 is 7.73. The average Bonchev–Trinajstić information content (AvgIpc) is 2.83. The monoisotopic (exact) mass is 276 g/mol. The van der Waals surface area contributed by atoms with Crippen LogP contribution in [-0.2, 0) is 0 Å². The largest absolute Gasteiger partial charge is 0.488 e. The second-order valence-electron chi connectivity index (χ2n) is 5.03. The highest BCUT2D eigenvalue weighted by Crippen LogP contribution is 2.24. The van der Waals surface area contributed by atoms with Crippen LogP contribution in [-0.4, -0.2) is 26.9 Å². The van der Waals surface area contributed by atoms with Crippen LogP contribution >= 0.6 is 0 Å². The third-order valence-electron chi connectivity index (χ3n) is 3.51. The van der Waals surface area contributed by atoms with Crippen molar-refractivity contribution < 1.29 is 9.84 Å². The molecular weight excluding hydrogens is 252 g/mol. The molecule has 0 bridgehead atoms. The van der Waals surface area contributed by atoms with E-state index in [-0.39, 0.29) is 12.2 Å². The fourth-order valence-corrected chi connectivity index (χ4v) is 2.56. The zero-order valence-electron chi connectivity index (χ0n) is 12.5. The van der Waals surface area contributed by atoms with E-state index in [4.69, 9.17) is 4.74 Å². The molecule has 1 fully saturated rings. The zero-order chi connectivity index (χ0) is 14.5. The minimum absolute atomic E-state index is 0.0646. The summed E-state index contributed by atoms with van der Waals surface area (Å²) in [5.74, 6) is 0.813. The summed E-state index contributed by atoms with van der Waals surface area (Å²) in [7, 11) is 0. The first-order valence-electron chi connectivity index (χ1n) is 7.53. The van der Waals surface area contributed by atoms with E-state index in [0.717, 1.165) is 42.6 Å². The van der Waals surface area contributed by atoms with E-state index >= 15 is 0 Å². The number of aliphatic hydroxyl groups excluding tert-OH is 1. The molecule has 0 aliphatic heterocycles. The molecule has 110 valence electrons. The van der Waals surface area contributed by atoms with Gasteiger partial charge in [-0.1, -0.05) is 20.3 Å². The van der Waals surface area contributed by atoms with Gasteiger partial charge in [0, 0.05) is 12.3 Å². The fourth-order valence-electron chi connectivity index (χ4n) is 2.56. The Bertz CT molecular complexity index is 550. The number of hydrogen-bond acceptors (Lipinski definition) is 3. The van der Waals surface area contributed by atoms with E-state index in [1.165, 1.54) is 0 Å². The van der Waals surface area contributed by atoms with Gasteiger partial charge in [-0.25, -0.2) is 4.52 Å². The Hall–Kier alpha value is -1.55. The summed E-state index contributed by atoms with van der Waals surface area (Å²) in [6.07, 6.45) is 5.51. The first-order chi connectivity index (χ1) is 9.72. The number of aryl methyl sites for hydroxylation is 1. The Morgan fingerprint density at radius 1 is 1.25 bits per heavy atom. The summed E-state index contributed by atoms with van der Waals surface area (Å²) in [5, 5.41) is 14.2. The van der Waals surface area contributed by atoms with E-state index in [9.17, 15) is 5.11 Å². The number of hydrogen-bond donors (Lipinski definition) is 1. The number of pyridine rings is 1. The molecule has 2 aromatic heterocycles. The van der Waals surface area contributed by atoms with Crippen LogP contribution < -0.4 is 4.74 Å². The lowest BCUT2D eigenvalue weighted by Gasteiger charge is -2.28. The maximum absolute atomic E-state index is 9.91. The van der Waals surface area contributed by atoms with Crippen LogP contribution in [0.3, 0.4) is 0 Å². The second-order valence-corrected chi connectivity index (χ2v) is 5.03. The maximum Gasteiger partial charge on any atom is 0.124 e. The summed E-state index contributed by atoms with van der Waals surface area (Å²) in [6.45, 7) is 5.97. The van der Waals surface area contributed by atoms with Gasteiger partial charge in [-0.05, 0) is 38.3 Å². The third kappa shape index (κ3) is 3.31. The normalized spacial score (nSPS) is 22.2. The molecule has 2 aromatic rings. The molecule has 0 radical (unpaired) electrons. The van der Waals surface area contributed by atoms with Gasteiger partial charge in [0.2, 0.25) is 0 Å². The number of aliphatic hydroxyl groups is 1. The average molecular weight is 276 g/mol. The molecule has 1 N–H and O–H groups in total. The Labute approximate surface area is 120 Å². The Morgan fingerprint density at radius 3 is 2.75 bits per heavy atom. The van der Waals surface area contributed by atoms with Gasteiger partial charge in [0.05, 0.1) is 17.3 Å². The molecule has 20 heavy (non-hydrogen) atoms. The molecule has 4 nitrogen and oxygen atoms in total. The van der Waals surface area contributed by atoms with Crippen molar-refractivity contribution in [3.8, 4) is 5.75 Å². The van der Waals surface area contributed by atoms with E-state index in [0.29, 0.717) is 0 Å². The van der Waals surface area contributed by atoms with Crippen molar-refractivity contribution in [2.24, 2.45) is 0 Å². The van der Waals surface area contributed by atoms with Crippen LogP contribution in [0, 0.1) is 6.92 Å². The minimum atomic E-state index is -0.332. The van der Waals surface area contributed by atoms with Gasteiger partial charge in [0.25, 0.3) is 0 Å². The zero-order valence-corrected chi connectivity index (χ0v) is 12.5. The molecule has 0 spiro atoms. The van der Waals surface area contributed by atoms with Gasteiger partial charge in [0.1, 0.15) is 11.9 Å². The molecule has 1 aliphatic carbocycles. The molecular formula is C16H24N2O2. The van der Waals surface area contributed by atoms with Gasteiger partial charge in [0.15, 0.2) is 0 Å². The van der Waals surface area contributed by atoms with Crippen LogP contribution in [0.5, 0.6) is 5.75 Å². The van der Waals surface area contributed by atoms with Crippen LogP contribution in [0.15, 0.2) is 24.4 Å². The van der Waals surface area contributed by atoms with Crippen molar-refractivity contribution in [1.82, 2.24) is 9.61 Å². The lowest BCUT2D eigenvalue weighted by atomic mass is 9.95. The predicted octanol–water partition coefficient (Wildman–Crippen LogP) is 3.35. The molecule has 3 rings (SSSR count). The molecule has 4 heteroatoms. The van der Waals surface area contributed by atoms with Crippen molar-refractivity contribution in [2.45, 2.75) is 58.7 Å². The number of rotatable bonds is 2. The lowest BCUT2D eigenvalue weighted by molar-refractivity contribution is 0.00688. The van der Waals surface area contributed by atoms with E-state index in [2.05, 4.69) is 5.10 Å². The first-order valence-corrected chi connectivity index (χ1v) is 7.53. The second kappa shape index (κ2) is 6.75. The molecule has 0 amide bonds. The Balaban J connectivity index is 0.000000704. The van der Waals surface area contributed by atoms with Crippen molar-refractivity contribution in [3.63, 3.8) is 0 Å². The van der Waals surface area contributed by atoms with Gasteiger partial charge in [-0.3, -0.25) is 0 Å². The van der Waals surface area contributed by atoms with Gasteiger partial charge in [-0.15, -0.1) is 0 Å². The highest BCUT2D eigenvalue weighted by Gasteiger charge is 2.24. The molecule has 2 atom stereocenters. The SMILES string of the molecule is CC.Cc1cc2cc(OC3CCCCC3O)ccn2n1. The molecule has 2 unspecified atom stereocenters.